The number of ether oxygens (including phenoxy) is 2. The highest BCUT2D eigenvalue weighted by Crippen LogP contribution is 2.16. The normalized spacial score (nSPS) is 19.3. The first-order valence-electron chi connectivity index (χ1n) is 5.83. The maximum atomic E-state index is 11.9. The van der Waals surface area contributed by atoms with Crippen LogP contribution >= 0.6 is 0 Å². The van der Waals surface area contributed by atoms with Crippen molar-refractivity contribution in [3.63, 3.8) is 0 Å². The number of aromatic amines is 1. The number of nitrogens with one attached hydrogen (secondary N) is 1. The summed E-state index contributed by atoms with van der Waals surface area (Å²) in [6.07, 6.45) is 2.43. The lowest BCUT2D eigenvalue weighted by Gasteiger charge is -2.11. The zero-order valence-electron chi connectivity index (χ0n) is 9.97. The van der Waals surface area contributed by atoms with Crippen molar-refractivity contribution in [1.29, 1.82) is 0 Å². The number of pyridine rings is 1. The molecule has 2 aromatic rings. The Balaban J connectivity index is 1.99. The van der Waals surface area contributed by atoms with E-state index in [9.17, 15) is 4.79 Å². The van der Waals surface area contributed by atoms with Crippen molar-refractivity contribution in [1.82, 2.24) is 15.0 Å². The van der Waals surface area contributed by atoms with Crippen LogP contribution in [0.3, 0.4) is 0 Å². The number of fused-ring (bicyclic) bond motifs is 1. The highest BCUT2D eigenvalue weighted by Gasteiger charge is 2.18. The summed E-state index contributed by atoms with van der Waals surface area (Å²) in [7, 11) is 0. The summed E-state index contributed by atoms with van der Waals surface area (Å²) in [4.78, 5) is 22.8. The second-order valence-corrected chi connectivity index (χ2v) is 4.29. The van der Waals surface area contributed by atoms with Crippen LogP contribution in [0.4, 0.5) is 0 Å². The molecule has 2 aromatic heterocycles. The van der Waals surface area contributed by atoms with Crippen LogP contribution in [0, 0.1) is 6.92 Å². The summed E-state index contributed by atoms with van der Waals surface area (Å²) in [5.74, 6) is 0.918. The molecule has 0 amide bonds. The molecule has 3 rings (SSSR count). The quantitative estimate of drug-likeness (QED) is 0.849. The lowest BCUT2D eigenvalue weighted by atomic mass is 10.3. The third-order valence-electron chi connectivity index (χ3n) is 2.86. The molecule has 94 valence electrons. The zero-order valence-corrected chi connectivity index (χ0v) is 9.97. The molecular weight excluding hydrogens is 234 g/mol. The summed E-state index contributed by atoms with van der Waals surface area (Å²) in [5, 5.41) is 0.758. The smallest absolute Gasteiger partial charge is 0.291 e. The van der Waals surface area contributed by atoms with Crippen molar-refractivity contribution in [3.05, 3.63) is 28.4 Å². The molecular formula is C12H13N3O3. The van der Waals surface area contributed by atoms with Crippen LogP contribution in [-0.4, -0.2) is 34.3 Å². The lowest BCUT2D eigenvalue weighted by molar-refractivity contribution is 0.140. The van der Waals surface area contributed by atoms with Crippen molar-refractivity contribution in [2.75, 3.05) is 13.2 Å². The molecule has 0 aliphatic carbocycles. The summed E-state index contributed by atoms with van der Waals surface area (Å²) < 4.78 is 10.8. The average molecular weight is 247 g/mol. The summed E-state index contributed by atoms with van der Waals surface area (Å²) in [6, 6.07) is 1.67. The van der Waals surface area contributed by atoms with Gasteiger partial charge in [0.05, 0.1) is 13.2 Å². The molecule has 0 unspecified atom stereocenters. The number of aryl methyl sites for hydroxylation is 1. The molecule has 1 atom stereocenters. The van der Waals surface area contributed by atoms with E-state index >= 15 is 0 Å². The first-order valence-corrected chi connectivity index (χ1v) is 5.83. The van der Waals surface area contributed by atoms with Gasteiger partial charge in [-0.05, 0) is 13.0 Å². The van der Waals surface area contributed by atoms with E-state index in [4.69, 9.17) is 9.47 Å². The van der Waals surface area contributed by atoms with Crippen molar-refractivity contribution in [2.24, 2.45) is 0 Å². The van der Waals surface area contributed by atoms with Crippen molar-refractivity contribution >= 4 is 11.0 Å². The van der Waals surface area contributed by atoms with Gasteiger partial charge in [-0.25, -0.2) is 9.97 Å². The van der Waals surface area contributed by atoms with Crippen LogP contribution in [0.25, 0.3) is 11.0 Å². The molecule has 1 saturated heterocycles. The Morgan fingerprint density at radius 3 is 3.22 bits per heavy atom. The minimum atomic E-state index is -0.271. The second kappa shape index (κ2) is 4.38. The predicted molar refractivity (Wildman–Crippen MR) is 64.7 cm³/mol. The van der Waals surface area contributed by atoms with Crippen LogP contribution in [0.2, 0.25) is 0 Å². The van der Waals surface area contributed by atoms with E-state index in [-0.39, 0.29) is 11.7 Å². The summed E-state index contributed by atoms with van der Waals surface area (Å²) in [5.41, 5.74) is 0.259. The first-order chi connectivity index (χ1) is 8.72. The Morgan fingerprint density at radius 2 is 2.44 bits per heavy atom. The number of hydrogen-bond acceptors (Lipinski definition) is 5. The topological polar surface area (TPSA) is 77.1 Å². The van der Waals surface area contributed by atoms with Crippen molar-refractivity contribution < 1.29 is 9.47 Å². The molecule has 3 heterocycles. The second-order valence-electron chi connectivity index (χ2n) is 4.29. The maximum absolute atomic E-state index is 11.9. The zero-order chi connectivity index (χ0) is 12.5. The highest BCUT2D eigenvalue weighted by molar-refractivity contribution is 5.74. The SMILES string of the molecule is Cc1ncc2cc(O[C@H]3CCOC3)c(=O)[nH]c2n1. The molecule has 1 fully saturated rings. The minimum Gasteiger partial charge on any atom is -0.482 e. The van der Waals surface area contributed by atoms with Gasteiger partial charge in [-0.2, -0.15) is 0 Å². The molecule has 0 aromatic carbocycles. The third kappa shape index (κ3) is 2.06. The van der Waals surface area contributed by atoms with Crippen LogP contribution in [0.1, 0.15) is 12.2 Å². The van der Waals surface area contributed by atoms with E-state index in [1.165, 1.54) is 0 Å². The van der Waals surface area contributed by atoms with Gasteiger partial charge in [0.2, 0.25) is 0 Å². The molecule has 6 heteroatoms. The van der Waals surface area contributed by atoms with E-state index in [0.717, 1.165) is 11.8 Å². The Hall–Kier alpha value is -1.95. The minimum absolute atomic E-state index is 0.0464. The number of hydrogen-bond donors (Lipinski definition) is 1. The van der Waals surface area contributed by atoms with Crippen molar-refractivity contribution in [3.8, 4) is 5.75 Å². The largest absolute Gasteiger partial charge is 0.482 e. The van der Waals surface area contributed by atoms with Gasteiger partial charge >= 0.3 is 0 Å². The Labute approximate surface area is 103 Å². The molecule has 1 aliphatic rings. The molecule has 1 N–H and O–H groups in total. The predicted octanol–water partition coefficient (Wildman–Crippen LogP) is 0.794. The van der Waals surface area contributed by atoms with Gasteiger partial charge in [-0.3, -0.25) is 4.79 Å². The Morgan fingerprint density at radius 1 is 1.56 bits per heavy atom. The van der Waals surface area contributed by atoms with E-state index in [1.54, 1.807) is 19.2 Å². The number of H-pyrrole nitrogens is 1. The maximum Gasteiger partial charge on any atom is 0.291 e. The van der Waals surface area contributed by atoms with Gasteiger partial charge in [-0.1, -0.05) is 0 Å². The molecule has 6 nitrogen and oxygen atoms in total. The van der Waals surface area contributed by atoms with Gasteiger partial charge in [0.1, 0.15) is 17.6 Å². The monoisotopic (exact) mass is 247 g/mol. The molecule has 1 aliphatic heterocycles. The fourth-order valence-corrected chi connectivity index (χ4v) is 1.93. The third-order valence-corrected chi connectivity index (χ3v) is 2.86. The molecule has 0 spiro atoms. The van der Waals surface area contributed by atoms with Crippen LogP contribution in [0.5, 0.6) is 5.75 Å². The van der Waals surface area contributed by atoms with Crippen LogP contribution < -0.4 is 10.3 Å². The number of aromatic nitrogens is 3. The number of rotatable bonds is 2. The standard InChI is InChI=1S/C12H13N3O3/c1-7-13-5-8-4-10(12(16)15-11(8)14-7)18-9-2-3-17-6-9/h4-5,9H,2-3,6H2,1H3,(H,13,14,15,16)/t9-/m0/s1. The molecule has 0 saturated carbocycles. The van der Waals surface area contributed by atoms with Gasteiger partial charge < -0.3 is 14.5 Å². The van der Waals surface area contributed by atoms with Gasteiger partial charge in [-0.15, -0.1) is 0 Å². The highest BCUT2D eigenvalue weighted by atomic mass is 16.5. The van der Waals surface area contributed by atoms with Gasteiger partial charge in [0.15, 0.2) is 5.75 Å². The van der Waals surface area contributed by atoms with E-state index in [0.29, 0.717) is 30.4 Å². The molecule has 18 heavy (non-hydrogen) atoms. The summed E-state index contributed by atoms with van der Waals surface area (Å²) in [6.45, 7) is 2.98. The van der Waals surface area contributed by atoms with Gasteiger partial charge in [0, 0.05) is 18.0 Å². The van der Waals surface area contributed by atoms with E-state index in [1.807, 2.05) is 0 Å². The summed E-state index contributed by atoms with van der Waals surface area (Å²) >= 11 is 0. The van der Waals surface area contributed by atoms with E-state index < -0.39 is 0 Å². The number of nitrogens with zero attached hydrogens (tertiary/aromatic N) is 2. The van der Waals surface area contributed by atoms with Crippen molar-refractivity contribution in [2.45, 2.75) is 19.4 Å². The van der Waals surface area contributed by atoms with Gasteiger partial charge in [0.25, 0.3) is 5.56 Å². The fourth-order valence-electron chi connectivity index (χ4n) is 1.93. The van der Waals surface area contributed by atoms with E-state index in [2.05, 4.69) is 15.0 Å². The average Bonchev–Trinajstić information content (AvgIpc) is 2.83. The Bertz CT molecular complexity index is 632. The first kappa shape index (κ1) is 11.2. The molecule has 0 radical (unpaired) electrons. The Kier molecular flexibility index (Phi) is 2.71. The van der Waals surface area contributed by atoms with Crippen LogP contribution in [0.15, 0.2) is 17.1 Å². The van der Waals surface area contributed by atoms with Crippen LogP contribution in [-0.2, 0) is 4.74 Å². The molecule has 0 bridgehead atoms. The lowest BCUT2D eigenvalue weighted by Crippen LogP contribution is -2.21. The fraction of sp³-hybridized carbons (Fsp3) is 0.417.